The molecule has 27 heavy (non-hydrogen) atoms. The molecule has 2 aliphatic rings. The number of carboxylic acids is 1. The zero-order valence-electron chi connectivity index (χ0n) is 14.5. The molecule has 1 aromatic rings. The van der Waals surface area contributed by atoms with Gasteiger partial charge in [-0.25, -0.2) is 4.79 Å². The topological polar surface area (TPSA) is 151 Å². The Morgan fingerprint density at radius 2 is 2.11 bits per heavy atom. The number of ether oxygens (including phenoxy) is 1. The first-order valence-corrected chi connectivity index (χ1v) is 8.54. The van der Waals surface area contributed by atoms with Crippen LogP contribution in [-0.4, -0.2) is 72.2 Å². The van der Waals surface area contributed by atoms with Crippen molar-refractivity contribution in [1.82, 2.24) is 10.2 Å². The first-order valence-electron chi connectivity index (χ1n) is 8.54. The van der Waals surface area contributed by atoms with Crippen molar-refractivity contribution >= 4 is 24.9 Å². The van der Waals surface area contributed by atoms with Gasteiger partial charge in [0.25, 0.3) is 0 Å². The molecule has 0 bridgehead atoms. The molecule has 10 nitrogen and oxygen atoms in total. The summed E-state index contributed by atoms with van der Waals surface area (Å²) in [5, 5.41) is 21.6. The Balaban J connectivity index is 1.62. The van der Waals surface area contributed by atoms with Crippen molar-refractivity contribution < 1.29 is 33.9 Å². The van der Waals surface area contributed by atoms with E-state index in [1.54, 1.807) is 12.1 Å². The minimum Gasteiger partial charge on any atom is -0.535 e. The van der Waals surface area contributed by atoms with Gasteiger partial charge >= 0.3 is 13.1 Å². The van der Waals surface area contributed by atoms with Crippen LogP contribution in [0.1, 0.15) is 15.9 Å². The fraction of sp³-hybridized carbons (Fsp3) is 0.438. The summed E-state index contributed by atoms with van der Waals surface area (Å²) in [5.74, 6) is -1.65. The van der Waals surface area contributed by atoms with Crippen LogP contribution in [0.15, 0.2) is 12.1 Å². The third kappa shape index (κ3) is 4.14. The molecule has 2 heterocycles. The molecule has 2 amide bonds. The van der Waals surface area contributed by atoms with Gasteiger partial charge < -0.3 is 35.5 Å². The minimum absolute atomic E-state index is 0.121. The molecule has 1 saturated heterocycles. The van der Waals surface area contributed by atoms with Crippen LogP contribution in [0.25, 0.3) is 0 Å². The van der Waals surface area contributed by atoms with Crippen LogP contribution >= 0.6 is 0 Å². The second-order valence-corrected chi connectivity index (χ2v) is 6.36. The number of nitrogens with two attached hydrogens (primary N) is 1. The Morgan fingerprint density at radius 1 is 1.37 bits per heavy atom. The molecule has 5 N–H and O–H groups in total. The van der Waals surface area contributed by atoms with Crippen LogP contribution in [0.5, 0.6) is 11.5 Å². The number of fused-ring (bicyclic) bond motifs is 1. The number of amides is 2. The van der Waals surface area contributed by atoms with E-state index in [1.165, 1.54) is 4.90 Å². The first-order chi connectivity index (χ1) is 12.9. The normalized spacial score (nSPS) is 16.1. The number of hydrogen-bond acceptors (Lipinski definition) is 7. The Labute approximate surface area is 155 Å². The van der Waals surface area contributed by atoms with Crippen LogP contribution in [0.3, 0.4) is 0 Å². The monoisotopic (exact) mass is 377 g/mol. The smallest absolute Gasteiger partial charge is 0.522 e. The van der Waals surface area contributed by atoms with Crippen LogP contribution in [0.2, 0.25) is 6.32 Å². The summed E-state index contributed by atoms with van der Waals surface area (Å²) in [5.41, 5.74) is 5.72. The first kappa shape index (κ1) is 19.0. The second-order valence-electron chi connectivity index (χ2n) is 6.36. The van der Waals surface area contributed by atoms with E-state index in [2.05, 4.69) is 5.32 Å². The van der Waals surface area contributed by atoms with E-state index in [-0.39, 0.29) is 55.3 Å². The fourth-order valence-electron chi connectivity index (χ4n) is 2.97. The fourth-order valence-corrected chi connectivity index (χ4v) is 2.97. The maximum Gasteiger partial charge on any atom is 0.522 e. The van der Waals surface area contributed by atoms with Crippen molar-refractivity contribution in [2.45, 2.75) is 18.8 Å². The van der Waals surface area contributed by atoms with Gasteiger partial charge in [-0.05, 0) is 24.4 Å². The van der Waals surface area contributed by atoms with E-state index in [0.717, 1.165) is 0 Å². The van der Waals surface area contributed by atoms with Gasteiger partial charge in [0.2, 0.25) is 11.8 Å². The van der Waals surface area contributed by atoms with Crippen molar-refractivity contribution in [2.24, 2.45) is 5.73 Å². The summed E-state index contributed by atoms with van der Waals surface area (Å²) < 4.78 is 11.0. The molecule has 0 unspecified atom stereocenters. The van der Waals surface area contributed by atoms with Crippen LogP contribution in [-0.2, 0) is 16.0 Å². The molecule has 0 spiro atoms. The SMILES string of the molecule is NCC(=O)NCC(=O)N1CC(Oc2ccc3c(c2C(=O)O)OB(O)CC3)C1. The Hall–Kier alpha value is -2.79. The number of hydrogen-bond donors (Lipinski definition) is 4. The van der Waals surface area contributed by atoms with Crippen molar-refractivity contribution in [2.75, 3.05) is 26.2 Å². The summed E-state index contributed by atoms with van der Waals surface area (Å²) in [6.45, 7) is 0.216. The lowest BCUT2D eigenvalue weighted by atomic mass is 9.78. The number of benzene rings is 1. The van der Waals surface area contributed by atoms with Gasteiger partial charge in [-0.15, -0.1) is 0 Å². The van der Waals surface area contributed by atoms with Crippen molar-refractivity contribution in [1.29, 1.82) is 0 Å². The molecule has 0 saturated carbocycles. The van der Waals surface area contributed by atoms with Crippen molar-refractivity contribution in [3.63, 3.8) is 0 Å². The van der Waals surface area contributed by atoms with E-state index < -0.39 is 19.0 Å². The van der Waals surface area contributed by atoms with Gasteiger partial charge in [0, 0.05) is 0 Å². The molecule has 3 rings (SSSR count). The number of aromatic carboxylic acids is 1. The summed E-state index contributed by atoms with van der Waals surface area (Å²) in [6.07, 6.45) is 0.535. The number of nitrogens with one attached hydrogen (secondary N) is 1. The van der Waals surface area contributed by atoms with Gasteiger partial charge in [-0.3, -0.25) is 9.59 Å². The maximum absolute atomic E-state index is 11.9. The number of likely N-dealkylation sites (tertiary alicyclic amines) is 1. The van der Waals surface area contributed by atoms with Gasteiger partial charge in [-0.1, -0.05) is 6.07 Å². The molecule has 1 aromatic carbocycles. The molecule has 0 radical (unpaired) electrons. The molecule has 1 fully saturated rings. The number of nitrogens with zero attached hydrogens (tertiary/aromatic N) is 1. The highest BCUT2D eigenvalue weighted by atomic mass is 16.5. The number of rotatable bonds is 6. The van der Waals surface area contributed by atoms with Crippen molar-refractivity contribution in [3.8, 4) is 11.5 Å². The second kappa shape index (κ2) is 7.84. The molecule has 2 aliphatic heterocycles. The zero-order chi connectivity index (χ0) is 19.6. The van der Waals surface area contributed by atoms with E-state index in [0.29, 0.717) is 18.3 Å². The van der Waals surface area contributed by atoms with E-state index in [9.17, 15) is 24.5 Å². The Bertz CT molecular complexity index is 767. The van der Waals surface area contributed by atoms with Gasteiger partial charge in [-0.2, -0.15) is 0 Å². The summed E-state index contributed by atoms with van der Waals surface area (Å²) in [7, 11) is -1.05. The van der Waals surface area contributed by atoms with E-state index in [4.69, 9.17) is 15.1 Å². The van der Waals surface area contributed by atoms with E-state index >= 15 is 0 Å². The molecule has 0 aromatic heterocycles. The highest BCUT2D eigenvalue weighted by Gasteiger charge is 2.35. The number of aryl methyl sites for hydroxylation is 1. The van der Waals surface area contributed by atoms with Gasteiger partial charge in [0.1, 0.15) is 23.2 Å². The predicted molar refractivity (Wildman–Crippen MR) is 93.6 cm³/mol. The molecular weight excluding hydrogens is 357 g/mol. The largest absolute Gasteiger partial charge is 0.535 e. The van der Waals surface area contributed by atoms with Gasteiger partial charge in [0.05, 0.1) is 26.2 Å². The molecule has 144 valence electrons. The van der Waals surface area contributed by atoms with Crippen molar-refractivity contribution in [3.05, 3.63) is 23.3 Å². The summed E-state index contributed by atoms with van der Waals surface area (Å²) >= 11 is 0. The Kier molecular flexibility index (Phi) is 5.52. The summed E-state index contributed by atoms with van der Waals surface area (Å²) in [4.78, 5) is 36.2. The number of carboxylic acid groups (broad SMARTS) is 1. The van der Waals surface area contributed by atoms with Crippen LogP contribution in [0, 0.1) is 0 Å². The highest BCUT2D eigenvalue weighted by Crippen LogP contribution is 2.37. The average Bonchev–Trinajstić information content (AvgIpc) is 2.61. The highest BCUT2D eigenvalue weighted by molar-refractivity contribution is 6.44. The average molecular weight is 377 g/mol. The minimum atomic E-state index is -1.22. The third-order valence-corrected chi connectivity index (χ3v) is 4.45. The zero-order valence-corrected chi connectivity index (χ0v) is 14.5. The lowest BCUT2D eigenvalue weighted by molar-refractivity contribution is -0.140. The Morgan fingerprint density at radius 3 is 2.78 bits per heavy atom. The lowest BCUT2D eigenvalue weighted by Gasteiger charge is -2.39. The quantitative estimate of drug-likeness (QED) is 0.436. The van der Waals surface area contributed by atoms with E-state index in [1.807, 2.05) is 0 Å². The third-order valence-electron chi connectivity index (χ3n) is 4.45. The molecule has 0 aliphatic carbocycles. The lowest BCUT2D eigenvalue weighted by Crippen LogP contribution is -2.58. The maximum atomic E-state index is 11.9. The number of carbonyl (C=O) groups excluding carboxylic acids is 2. The van der Waals surface area contributed by atoms with Crippen LogP contribution < -0.4 is 20.4 Å². The molecule has 0 atom stereocenters. The number of carbonyl (C=O) groups is 3. The van der Waals surface area contributed by atoms with Gasteiger partial charge in [0.15, 0.2) is 0 Å². The standard InChI is InChI=1S/C16H20BN3O7/c18-5-12(21)19-6-13(22)20-7-10(8-20)26-11-2-1-9-3-4-17(25)27-15(9)14(11)16(23)24/h1-2,10,25H,3-8,18H2,(H,19,21)(H,23,24). The predicted octanol–water partition coefficient (Wildman–Crippen LogP) is -1.54. The molecular formula is C16H20BN3O7. The summed E-state index contributed by atoms with van der Waals surface area (Å²) in [6, 6.07) is 3.28. The molecule has 11 heteroatoms. The van der Waals surface area contributed by atoms with Crippen LogP contribution in [0.4, 0.5) is 0 Å².